The number of ether oxygens (including phenoxy) is 1. The van der Waals surface area contributed by atoms with E-state index in [2.05, 4.69) is 33.2 Å². The zero-order chi connectivity index (χ0) is 18.8. The molecule has 0 atom stereocenters. The molecule has 0 radical (unpaired) electrons. The highest BCUT2D eigenvalue weighted by Gasteiger charge is 2.17. The quantitative estimate of drug-likeness (QED) is 0.766. The molecule has 1 aliphatic heterocycles. The summed E-state index contributed by atoms with van der Waals surface area (Å²) in [6.07, 6.45) is 2.08. The molecule has 1 N–H and O–H groups in total. The molecular formula is C20H21N5O2. The van der Waals surface area contributed by atoms with Gasteiger partial charge in [0, 0.05) is 37.0 Å². The standard InChI is InChI=1S/C20H21N5O2/c1-2-17-18(23-19-16(11-21)12-22-25(19)20(17)26)15-5-3-14(4-6-15)13-24-7-9-27-10-8-24/h3-6,12,22H,2,7-10,13H2,1H3. The molecule has 4 rings (SSSR count). The van der Waals surface area contributed by atoms with Crippen molar-refractivity contribution < 1.29 is 4.74 Å². The van der Waals surface area contributed by atoms with Gasteiger partial charge in [0.25, 0.3) is 5.56 Å². The molecule has 2 aromatic heterocycles. The van der Waals surface area contributed by atoms with Crippen LogP contribution in [0, 0.1) is 11.3 Å². The number of aromatic nitrogens is 3. The molecular weight excluding hydrogens is 342 g/mol. The minimum atomic E-state index is -0.156. The Balaban J connectivity index is 1.71. The molecule has 0 unspecified atom stereocenters. The van der Waals surface area contributed by atoms with E-state index in [4.69, 9.17) is 4.74 Å². The Bertz CT molecular complexity index is 1050. The lowest BCUT2D eigenvalue weighted by Crippen LogP contribution is -2.35. The van der Waals surface area contributed by atoms with Gasteiger partial charge in [0.05, 0.1) is 18.9 Å². The van der Waals surface area contributed by atoms with Crippen LogP contribution in [0.15, 0.2) is 35.3 Å². The summed E-state index contributed by atoms with van der Waals surface area (Å²) >= 11 is 0. The number of nitrogens with zero attached hydrogens (tertiary/aromatic N) is 4. The van der Waals surface area contributed by atoms with Crippen LogP contribution < -0.4 is 5.56 Å². The molecule has 0 amide bonds. The molecule has 0 bridgehead atoms. The van der Waals surface area contributed by atoms with E-state index in [0.717, 1.165) is 38.4 Å². The Morgan fingerprint density at radius 1 is 1.26 bits per heavy atom. The summed E-state index contributed by atoms with van der Waals surface area (Å²) < 4.78 is 6.73. The van der Waals surface area contributed by atoms with E-state index in [1.807, 2.05) is 19.1 Å². The SMILES string of the molecule is CCc1c(-c2ccc(CN3CCOCC3)cc2)nc2c(C#N)c[nH]n2c1=O. The number of rotatable bonds is 4. The highest BCUT2D eigenvalue weighted by molar-refractivity contribution is 5.67. The van der Waals surface area contributed by atoms with Crippen LogP contribution in [0.1, 0.15) is 23.6 Å². The van der Waals surface area contributed by atoms with Crippen molar-refractivity contribution >= 4 is 5.65 Å². The minimum Gasteiger partial charge on any atom is -0.379 e. The summed E-state index contributed by atoms with van der Waals surface area (Å²) in [5, 5.41) is 12.1. The maximum absolute atomic E-state index is 12.8. The number of nitriles is 1. The molecule has 7 heteroatoms. The van der Waals surface area contributed by atoms with Crippen molar-refractivity contribution in [2.24, 2.45) is 0 Å². The van der Waals surface area contributed by atoms with Crippen LogP contribution in [0.25, 0.3) is 16.9 Å². The highest BCUT2D eigenvalue weighted by Crippen LogP contribution is 2.22. The van der Waals surface area contributed by atoms with E-state index in [9.17, 15) is 10.1 Å². The lowest BCUT2D eigenvalue weighted by atomic mass is 10.0. The first-order valence-corrected chi connectivity index (χ1v) is 9.13. The van der Waals surface area contributed by atoms with E-state index >= 15 is 0 Å². The normalized spacial score (nSPS) is 15.1. The van der Waals surface area contributed by atoms with E-state index in [1.54, 1.807) is 0 Å². The average Bonchev–Trinajstić information content (AvgIpc) is 3.13. The predicted molar refractivity (Wildman–Crippen MR) is 101 cm³/mol. The molecule has 1 aliphatic rings. The third-order valence-corrected chi connectivity index (χ3v) is 4.97. The third-order valence-electron chi connectivity index (χ3n) is 4.97. The Labute approximate surface area is 156 Å². The maximum atomic E-state index is 12.8. The Morgan fingerprint density at radius 3 is 2.67 bits per heavy atom. The maximum Gasteiger partial charge on any atom is 0.276 e. The zero-order valence-electron chi connectivity index (χ0n) is 15.2. The average molecular weight is 363 g/mol. The van der Waals surface area contributed by atoms with Crippen LogP contribution in [0.5, 0.6) is 0 Å². The second kappa shape index (κ2) is 7.35. The number of nitrogens with one attached hydrogen (secondary N) is 1. The molecule has 1 saturated heterocycles. The molecule has 3 heterocycles. The van der Waals surface area contributed by atoms with Gasteiger partial charge in [-0.3, -0.25) is 14.8 Å². The van der Waals surface area contributed by atoms with Crippen molar-refractivity contribution in [3.63, 3.8) is 0 Å². The first kappa shape index (κ1) is 17.5. The molecule has 3 aromatic rings. The van der Waals surface area contributed by atoms with Gasteiger partial charge < -0.3 is 4.74 Å². The number of hydrogen-bond donors (Lipinski definition) is 1. The van der Waals surface area contributed by atoms with Gasteiger partial charge in [-0.15, -0.1) is 0 Å². The van der Waals surface area contributed by atoms with Gasteiger partial charge in [0.15, 0.2) is 5.65 Å². The molecule has 27 heavy (non-hydrogen) atoms. The monoisotopic (exact) mass is 363 g/mol. The van der Waals surface area contributed by atoms with Crippen LogP contribution in [0.2, 0.25) is 0 Å². The molecule has 138 valence electrons. The summed E-state index contributed by atoms with van der Waals surface area (Å²) in [7, 11) is 0. The van der Waals surface area contributed by atoms with Gasteiger partial charge in [-0.2, -0.15) is 5.26 Å². The van der Waals surface area contributed by atoms with Crippen molar-refractivity contribution in [2.75, 3.05) is 26.3 Å². The van der Waals surface area contributed by atoms with Crippen LogP contribution in [-0.2, 0) is 17.7 Å². The Kier molecular flexibility index (Phi) is 4.75. The van der Waals surface area contributed by atoms with Crippen molar-refractivity contribution in [1.82, 2.24) is 19.5 Å². The number of hydrogen-bond acceptors (Lipinski definition) is 5. The highest BCUT2D eigenvalue weighted by atomic mass is 16.5. The van der Waals surface area contributed by atoms with Gasteiger partial charge in [-0.05, 0) is 12.0 Å². The number of H-pyrrole nitrogens is 1. The molecule has 1 fully saturated rings. The van der Waals surface area contributed by atoms with E-state index in [-0.39, 0.29) is 5.56 Å². The van der Waals surface area contributed by atoms with E-state index in [1.165, 1.54) is 16.3 Å². The van der Waals surface area contributed by atoms with Crippen molar-refractivity contribution in [2.45, 2.75) is 19.9 Å². The van der Waals surface area contributed by atoms with E-state index in [0.29, 0.717) is 28.9 Å². The van der Waals surface area contributed by atoms with Gasteiger partial charge in [-0.25, -0.2) is 9.50 Å². The fourth-order valence-corrected chi connectivity index (χ4v) is 3.48. The third kappa shape index (κ3) is 3.25. The molecule has 1 aromatic carbocycles. The van der Waals surface area contributed by atoms with Crippen LogP contribution >= 0.6 is 0 Å². The van der Waals surface area contributed by atoms with Gasteiger partial charge in [-0.1, -0.05) is 31.2 Å². The smallest absolute Gasteiger partial charge is 0.276 e. The largest absolute Gasteiger partial charge is 0.379 e. The van der Waals surface area contributed by atoms with Gasteiger partial charge in [0.1, 0.15) is 11.6 Å². The van der Waals surface area contributed by atoms with Crippen LogP contribution in [0.4, 0.5) is 0 Å². The second-order valence-corrected chi connectivity index (χ2v) is 6.64. The predicted octanol–water partition coefficient (Wildman–Crippen LogP) is 1.96. The fourth-order valence-electron chi connectivity index (χ4n) is 3.48. The lowest BCUT2D eigenvalue weighted by Gasteiger charge is -2.26. The number of fused-ring (bicyclic) bond motifs is 1. The molecule has 0 saturated carbocycles. The number of morpholine rings is 1. The summed E-state index contributed by atoms with van der Waals surface area (Å²) in [5.41, 5.74) is 3.97. The summed E-state index contributed by atoms with van der Waals surface area (Å²) in [4.78, 5) is 19.8. The Hall–Kier alpha value is -2.95. The number of aromatic amines is 1. The van der Waals surface area contributed by atoms with E-state index < -0.39 is 0 Å². The van der Waals surface area contributed by atoms with Crippen molar-refractivity contribution in [3.8, 4) is 17.3 Å². The first-order valence-electron chi connectivity index (χ1n) is 9.13. The molecule has 0 aliphatic carbocycles. The minimum absolute atomic E-state index is 0.156. The van der Waals surface area contributed by atoms with Gasteiger partial charge >= 0.3 is 0 Å². The summed E-state index contributed by atoms with van der Waals surface area (Å²) in [6, 6.07) is 10.2. The van der Waals surface area contributed by atoms with Gasteiger partial charge in [0.2, 0.25) is 0 Å². The lowest BCUT2D eigenvalue weighted by molar-refractivity contribution is 0.0342. The van der Waals surface area contributed by atoms with Crippen molar-refractivity contribution in [3.05, 3.63) is 57.5 Å². The summed E-state index contributed by atoms with van der Waals surface area (Å²) in [6.45, 7) is 6.28. The number of benzene rings is 1. The van der Waals surface area contributed by atoms with Crippen LogP contribution in [-0.4, -0.2) is 45.8 Å². The summed E-state index contributed by atoms with van der Waals surface area (Å²) in [5.74, 6) is 0. The molecule has 0 spiro atoms. The van der Waals surface area contributed by atoms with Crippen molar-refractivity contribution in [1.29, 1.82) is 5.26 Å². The van der Waals surface area contributed by atoms with Crippen LogP contribution in [0.3, 0.4) is 0 Å². The molecule has 7 nitrogen and oxygen atoms in total. The topological polar surface area (TPSA) is 86.4 Å². The second-order valence-electron chi connectivity index (χ2n) is 6.64. The zero-order valence-corrected chi connectivity index (χ0v) is 15.2. The fraction of sp³-hybridized carbons (Fsp3) is 0.350. The first-order chi connectivity index (χ1) is 13.2. The Morgan fingerprint density at radius 2 is 2.00 bits per heavy atom.